The molecule has 0 spiro atoms. The lowest BCUT2D eigenvalue weighted by molar-refractivity contribution is -0.138. The van der Waals surface area contributed by atoms with Gasteiger partial charge in [0, 0.05) is 37.3 Å². The Bertz CT molecular complexity index is 1360. The third-order valence-electron chi connectivity index (χ3n) is 8.02. The number of benzene rings is 2. The molecule has 2 N–H and O–H groups in total. The van der Waals surface area contributed by atoms with Crippen molar-refractivity contribution < 1.29 is 24.2 Å². The van der Waals surface area contributed by atoms with Crippen molar-refractivity contribution in [2.45, 2.75) is 51.0 Å². The van der Waals surface area contributed by atoms with Crippen LogP contribution < -0.4 is 24.6 Å². The Hall–Kier alpha value is -4.11. The number of anilines is 1. The van der Waals surface area contributed by atoms with Gasteiger partial charge in [0.1, 0.15) is 0 Å². The lowest BCUT2D eigenvalue weighted by atomic mass is 9.77. The maximum atomic E-state index is 12.9. The molecule has 1 fully saturated rings. The van der Waals surface area contributed by atoms with Gasteiger partial charge in [-0.1, -0.05) is 23.1 Å². The maximum absolute atomic E-state index is 12.9. The van der Waals surface area contributed by atoms with E-state index in [1.807, 2.05) is 35.4 Å². The average Bonchev–Trinajstić information content (AvgIpc) is 3.26. The molecular weight excluding hydrogens is 508 g/mol. The lowest BCUT2D eigenvalue weighted by Gasteiger charge is -2.28. The van der Waals surface area contributed by atoms with Crippen molar-refractivity contribution in [1.29, 1.82) is 0 Å². The first kappa shape index (κ1) is 26.1. The number of hydrogen-bond acceptors (Lipinski definition) is 7. The third-order valence-corrected chi connectivity index (χ3v) is 8.02. The molecule has 0 bridgehead atoms. The van der Waals surface area contributed by atoms with Crippen molar-refractivity contribution >= 4 is 23.4 Å². The summed E-state index contributed by atoms with van der Waals surface area (Å²) < 4.78 is 11.4. The molecule has 6 rings (SSSR count). The number of nitrogens with zero attached hydrogens (tertiary/aromatic N) is 3. The number of carbonyl (C=O) groups is 2. The number of fused-ring (bicyclic) bond motifs is 2. The average molecular weight is 543 g/mol. The molecule has 1 aliphatic carbocycles. The second kappa shape index (κ2) is 11.6. The molecule has 0 aromatic heterocycles. The van der Waals surface area contributed by atoms with Gasteiger partial charge in [-0.3, -0.25) is 14.5 Å². The molecule has 1 radical (unpaired) electrons. The van der Waals surface area contributed by atoms with Gasteiger partial charge in [-0.05, 0) is 72.9 Å². The molecule has 4 aliphatic rings. The summed E-state index contributed by atoms with van der Waals surface area (Å²) in [7, 11) is 0. The van der Waals surface area contributed by atoms with Gasteiger partial charge < -0.3 is 19.9 Å². The smallest absolute Gasteiger partial charge is 0.303 e. The fraction of sp³-hybridized carbons (Fsp3) is 0.387. The van der Waals surface area contributed by atoms with Crippen LogP contribution in [0.4, 0.5) is 5.69 Å². The summed E-state index contributed by atoms with van der Waals surface area (Å²) in [5, 5.41) is 12.0. The number of ether oxygens (including phenoxy) is 2. The molecule has 40 heavy (non-hydrogen) atoms. The molecular formula is C31H34N4O5+. The maximum Gasteiger partial charge on any atom is 0.303 e. The van der Waals surface area contributed by atoms with Crippen LogP contribution in [-0.2, 0) is 16.1 Å². The van der Waals surface area contributed by atoms with Crippen LogP contribution in [0.15, 0.2) is 71.6 Å². The first-order chi connectivity index (χ1) is 19.5. The van der Waals surface area contributed by atoms with E-state index in [0.717, 1.165) is 54.9 Å². The molecule has 0 saturated heterocycles. The first-order valence-electron chi connectivity index (χ1n) is 14.0. The SMILES string of the molecule is O=C(O)CC1CCC(c2ccc(N3C=CC4=NC(C(=O)NCc5ccc6c(c5)OCCCO6)=C[N+]4C3)cc2)CC1. The number of hydrogen-bond donors (Lipinski definition) is 2. The van der Waals surface area contributed by atoms with Gasteiger partial charge in [-0.2, -0.15) is 4.99 Å². The molecule has 3 aliphatic heterocycles. The largest absolute Gasteiger partial charge is 0.490 e. The minimum atomic E-state index is -0.692. The zero-order valence-corrected chi connectivity index (χ0v) is 22.4. The van der Waals surface area contributed by atoms with Crippen LogP contribution in [-0.4, -0.2) is 42.7 Å². The molecule has 2 aromatic carbocycles. The normalized spacial score (nSPS) is 22.1. The minimum absolute atomic E-state index is 0.226. The Labute approximate surface area is 233 Å². The lowest BCUT2D eigenvalue weighted by Crippen LogP contribution is -2.41. The number of carbonyl (C=O) groups excluding carboxylic acids is 1. The molecule has 0 atom stereocenters. The van der Waals surface area contributed by atoms with E-state index >= 15 is 0 Å². The van der Waals surface area contributed by atoms with Crippen LogP contribution in [0.25, 0.3) is 0 Å². The van der Waals surface area contributed by atoms with Gasteiger partial charge in [0.2, 0.25) is 6.67 Å². The molecule has 1 amide bonds. The number of aliphatic carboxylic acids is 1. The summed E-state index contributed by atoms with van der Waals surface area (Å²) in [6.07, 6.45) is 10.9. The van der Waals surface area contributed by atoms with E-state index in [0.29, 0.717) is 49.7 Å². The number of amidine groups is 1. The van der Waals surface area contributed by atoms with Crippen LogP contribution in [0.5, 0.6) is 11.5 Å². The number of amides is 1. The quantitative estimate of drug-likeness (QED) is 0.496. The first-order valence-corrected chi connectivity index (χ1v) is 14.0. The highest BCUT2D eigenvalue weighted by molar-refractivity contribution is 6.06. The summed E-state index contributed by atoms with van der Waals surface area (Å²) >= 11 is 0. The zero-order valence-electron chi connectivity index (χ0n) is 22.4. The topological polar surface area (TPSA) is 106 Å². The highest BCUT2D eigenvalue weighted by atomic mass is 16.5. The molecule has 3 heterocycles. The molecule has 0 unspecified atom stereocenters. The Balaban J connectivity index is 1.03. The van der Waals surface area contributed by atoms with Gasteiger partial charge in [-0.15, -0.1) is 0 Å². The van der Waals surface area contributed by atoms with E-state index < -0.39 is 5.97 Å². The fourth-order valence-corrected chi connectivity index (χ4v) is 5.80. The van der Waals surface area contributed by atoms with Crippen molar-refractivity contribution in [2.75, 3.05) is 24.8 Å². The van der Waals surface area contributed by atoms with E-state index in [1.54, 1.807) is 6.20 Å². The Morgan fingerprint density at radius 2 is 1.80 bits per heavy atom. The Morgan fingerprint density at radius 3 is 2.58 bits per heavy atom. The van der Waals surface area contributed by atoms with E-state index in [9.17, 15) is 9.59 Å². The van der Waals surface area contributed by atoms with Gasteiger partial charge in [0.05, 0.1) is 13.2 Å². The molecule has 9 nitrogen and oxygen atoms in total. The van der Waals surface area contributed by atoms with E-state index in [4.69, 9.17) is 14.6 Å². The minimum Gasteiger partial charge on any atom is -0.490 e. The highest BCUT2D eigenvalue weighted by Crippen LogP contribution is 2.37. The van der Waals surface area contributed by atoms with Crippen molar-refractivity contribution in [3.8, 4) is 11.5 Å². The van der Waals surface area contributed by atoms with E-state index in [1.165, 1.54) is 5.56 Å². The van der Waals surface area contributed by atoms with Crippen molar-refractivity contribution in [1.82, 2.24) is 10.2 Å². The summed E-state index contributed by atoms with van der Waals surface area (Å²) in [6.45, 7) is 2.19. The Morgan fingerprint density at radius 1 is 1.02 bits per heavy atom. The van der Waals surface area contributed by atoms with Crippen LogP contribution >= 0.6 is 0 Å². The second-order valence-electron chi connectivity index (χ2n) is 10.8. The van der Waals surface area contributed by atoms with Crippen molar-refractivity contribution in [3.05, 3.63) is 77.8 Å². The standard InChI is InChI=1S/C31H34N4O5/c36-30(37)17-21-2-5-23(6-3-21)24-7-9-25(10-8-24)34-13-12-29-33-26(19-35(29)20-34)31(38)32-18-22-4-11-27-28(16-22)40-15-1-14-39-27/h4,7-13,16,19,21,23H,1-3,5-6,14-15,17-18,20H2,(H,32,38)(H,36,37)/q+1. The predicted octanol–water partition coefficient (Wildman–Crippen LogP) is 4.60. The number of carboxylic acid groups (broad SMARTS) is 1. The third kappa shape index (κ3) is 5.89. The van der Waals surface area contributed by atoms with Crippen LogP contribution in [0.1, 0.15) is 55.6 Å². The summed E-state index contributed by atoms with van der Waals surface area (Å²) in [6, 6.07) is 14.4. The van der Waals surface area contributed by atoms with Crippen molar-refractivity contribution in [2.24, 2.45) is 10.9 Å². The molecule has 207 valence electrons. The summed E-state index contributed by atoms with van der Waals surface area (Å²) in [5.74, 6) is 2.07. The Kier molecular flexibility index (Phi) is 7.55. The monoisotopic (exact) mass is 542 g/mol. The van der Waals surface area contributed by atoms with Gasteiger partial charge in [0.15, 0.2) is 23.4 Å². The summed E-state index contributed by atoms with van der Waals surface area (Å²) in [5.41, 5.74) is 3.70. The van der Waals surface area contributed by atoms with Gasteiger partial charge >= 0.3 is 5.97 Å². The van der Waals surface area contributed by atoms with Crippen molar-refractivity contribution in [3.63, 3.8) is 0 Å². The second-order valence-corrected chi connectivity index (χ2v) is 10.8. The summed E-state index contributed by atoms with van der Waals surface area (Å²) in [4.78, 5) is 32.5. The highest BCUT2D eigenvalue weighted by Gasteiger charge is 2.35. The van der Waals surface area contributed by atoms with E-state index in [2.05, 4.69) is 39.5 Å². The molecule has 1 saturated carbocycles. The predicted molar refractivity (Wildman–Crippen MR) is 151 cm³/mol. The van der Waals surface area contributed by atoms with Crippen LogP contribution in [0.2, 0.25) is 0 Å². The number of nitrogens with one attached hydrogen (secondary N) is 1. The molecule has 9 heteroatoms. The zero-order chi connectivity index (χ0) is 27.5. The van der Waals surface area contributed by atoms with Gasteiger partial charge in [-0.25, -0.2) is 0 Å². The fourth-order valence-electron chi connectivity index (χ4n) is 5.80. The van der Waals surface area contributed by atoms with Gasteiger partial charge in [0.25, 0.3) is 11.7 Å². The van der Waals surface area contributed by atoms with E-state index in [-0.39, 0.29) is 12.3 Å². The van der Waals surface area contributed by atoms with Crippen LogP contribution in [0.3, 0.4) is 0 Å². The number of carboxylic acids is 1. The number of aliphatic imine (C=N–C) groups is 1. The molecule has 2 aromatic rings. The van der Waals surface area contributed by atoms with Crippen LogP contribution in [0, 0.1) is 5.92 Å². The number of rotatable bonds is 7.